The number of pyridine rings is 1. The zero-order valence-electron chi connectivity index (χ0n) is 19.2. The Bertz CT molecular complexity index is 910. The largest absolute Gasteiger partial charge is 0.474 e. The third kappa shape index (κ3) is 5.83. The molecule has 2 fully saturated rings. The van der Waals surface area contributed by atoms with Crippen molar-refractivity contribution in [2.45, 2.75) is 75.4 Å². The predicted octanol–water partition coefficient (Wildman–Crippen LogP) is 3.39. The van der Waals surface area contributed by atoms with Crippen molar-refractivity contribution in [3.05, 3.63) is 23.4 Å². The highest BCUT2D eigenvalue weighted by Gasteiger charge is 2.44. The predicted molar refractivity (Wildman–Crippen MR) is 118 cm³/mol. The van der Waals surface area contributed by atoms with E-state index in [9.17, 15) is 22.2 Å². The minimum Gasteiger partial charge on any atom is -0.474 e. The average molecular weight is 506 g/mol. The van der Waals surface area contributed by atoms with Crippen LogP contribution >= 0.6 is 0 Å². The fourth-order valence-corrected chi connectivity index (χ4v) is 5.77. The third-order valence-electron chi connectivity index (χ3n) is 6.72. The lowest BCUT2D eigenvalue weighted by atomic mass is 9.84. The van der Waals surface area contributed by atoms with Gasteiger partial charge in [0.2, 0.25) is 5.88 Å². The standard InChI is InChI=1S/C22H30F3N3O5S/c1-13-9-18(27-34(2)30)19-12-33-16-5-3-14(4-6-16)17-10-15(22(23,24)25)11-20(26-17)31-7-8-32-21(29)28(13)19/h10-11,13-14,16,18-19,27H,3-9,12H2,1-2H3. The van der Waals surface area contributed by atoms with E-state index in [-0.39, 0.29) is 55.8 Å². The number of hydrogen-bond acceptors (Lipinski definition) is 6. The van der Waals surface area contributed by atoms with Crippen molar-refractivity contribution in [2.75, 3.05) is 26.1 Å². The smallest absolute Gasteiger partial charge is 0.416 e. The molecule has 34 heavy (non-hydrogen) atoms. The van der Waals surface area contributed by atoms with Crippen LogP contribution < -0.4 is 9.46 Å². The van der Waals surface area contributed by atoms with Gasteiger partial charge in [-0.15, -0.1) is 0 Å². The van der Waals surface area contributed by atoms with Crippen LogP contribution in [0.5, 0.6) is 5.88 Å². The summed E-state index contributed by atoms with van der Waals surface area (Å²) in [5.74, 6) is -0.247. The van der Waals surface area contributed by atoms with Crippen LogP contribution in [-0.4, -0.2) is 70.5 Å². The number of aromatic nitrogens is 1. The molecule has 4 heterocycles. The summed E-state index contributed by atoms with van der Waals surface area (Å²) in [5.41, 5.74) is -0.442. The Morgan fingerprint density at radius 2 is 1.85 bits per heavy atom. The summed E-state index contributed by atoms with van der Waals surface area (Å²) in [4.78, 5) is 18.8. The maximum atomic E-state index is 13.4. The molecule has 1 saturated heterocycles. The molecule has 12 heteroatoms. The van der Waals surface area contributed by atoms with Gasteiger partial charge in [0.1, 0.15) is 13.2 Å². The van der Waals surface area contributed by atoms with E-state index in [1.807, 2.05) is 6.92 Å². The van der Waals surface area contributed by atoms with Gasteiger partial charge in [-0.3, -0.25) is 4.90 Å². The fraction of sp³-hybridized carbons (Fsp3) is 0.727. The molecule has 1 N–H and O–H groups in total. The van der Waals surface area contributed by atoms with Crippen molar-refractivity contribution in [3.8, 4) is 5.88 Å². The quantitative estimate of drug-likeness (QED) is 0.663. The molecular weight excluding hydrogens is 475 g/mol. The van der Waals surface area contributed by atoms with Gasteiger partial charge in [0.15, 0.2) is 0 Å². The van der Waals surface area contributed by atoms with E-state index >= 15 is 0 Å². The zero-order chi connectivity index (χ0) is 24.5. The van der Waals surface area contributed by atoms with Crippen LogP contribution in [0.2, 0.25) is 0 Å². The Labute approximate surface area is 199 Å². The Kier molecular flexibility index (Phi) is 7.68. The van der Waals surface area contributed by atoms with E-state index in [4.69, 9.17) is 14.2 Å². The summed E-state index contributed by atoms with van der Waals surface area (Å²) in [5, 5.41) is 0. The van der Waals surface area contributed by atoms with Crippen LogP contribution in [0.15, 0.2) is 12.1 Å². The monoisotopic (exact) mass is 505 g/mol. The molecular formula is C22H30F3N3O5S. The highest BCUT2D eigenvalue weighted by molar-refractivity contribution is 7.82. The molecule has 5 rings (SSSR count). The highest BCUT2D eigenvalue weighted by atomic mass is 32.2. The van der Waals surface area contributed by atoms with Crippen LogP contribution in [0.1, 0.15) is 56.2 Å². The van der Waals surface area contributed by atoms with E-state index in [1.54, 1.807) is 11.2 Å². The van der Waals surface area contributed by atoms with E-state index < -0.39 is 28.8 Å². The number of alkyl halides is 3. The minimum absolute atomic E-state index is 0.0766. The molecule has 1 aliphatic carbocycles. The Morgan fingerprint density at radius 3 is 2.53 bits per heavy atom. The maximum absolute atomic E-state index is 13.4. The molecule has 8 nitrogen and oxygen atoms in total. The second-order valence-corrected chi connectivity index (χ2v) is 10.3. The van der Waals surface area contributed by atoms with Crippen LogP contribution in [-0.2, 0) is 26.6 Å². The number of hydrogen-bond donors (Lipinski definition) is 1. The first kappa shape index (κ1) is 25.2. The van der Waals surface area contributed by atoms with E-state index in [1.165, 1.54) is 0 Å². The number of carbonyl (C=O) groups is 1. The number of rotatable bonds is 2. The Hall–Kier alpha value is -1.92. The van der Waals surface area contributed by atoms with Crippen molar-refractivity contribution < 1.29 is 36.4 Å². The van der Waals surface area contributed by atoms with Gasteiger partial charge in [-0.1, -0.05) is 0 Å². The second-order valence-electron chi connectivity index (χ2n) is 9.12. The van der Waals surface area contributed by atoms with Crippen LogP contribution in [0.3, 0.4) is 0 Å². The SMILES string of the molecule is CC1CC(NS(C)=O)C2COC3CCC(CC3)c3cc(C(F)(F)F)cc(n3)OCCOC(=O)N12. The van der Waals surface area contributed by atoms with Gasteiger partial charge in [-0.25, -0.2) is 18.7 Å². The number of nitrogens with zero attached hydrogens (tertiary/aromatic N) is 2. The molecule has 0 spiro atoms. The van der Waals surface area contributed by atoms with Crippen molar-refractivity contribution in [1.82, 2.24) is 14.6 Å². The van der Waals surface area contributed by atoms with E-state index in [0.717, 1.165) is 12.1 Å². The van der Waals surface area contributed by atoms with Gasteiger partial charge in [-0.05, 0) is 45.1 Å². The first-order chi connectivity index (χ1) is 16.1. The highest BCUT2D eigenvalue weighted by Crippen LogP contribution is 2.38. The van der Waals surface area contributed by atoms with Gasteiger partial charge in [0.25, 0.3) is 0 Å². The topological polar surface area (TPSA) is 90.0 Å². The van der Waals surface area contributed by atoms with Crippen molar-refractivity contribution in [1.29, 1.82) is 0 Å². The molecule has 4 bridgehead atoms. The fourth-order valence-electron chi connectivity index (χ4n) is 5.09. The molecule has 4 aliphatic rings. The molecule has 3 aliphatic heterocycles. The maximum Gasteiger partial charge on any atom is 0.416 e. The first-order valence-corrected chi connectivity index (χ1v) is 13.1. The normalized spacial score (nSPS) is 31.5. The lowest BCUT2D eigenvalue weighted by Gasteiger charge is -2.33. The molecule has 1 saturated carbocycles. The number of ether oxygens (including phenoxy) is 3. The number of fused-ring (bicyclic) bond motifs is 7. The molecule has 1 aromatic rings. The van der Waals surface area contributed by atoms with Crippen molar-refractivity contribution in [3.63, 3.8) is 0 Å². The molecule has 1 amide bonds. The van der Waals surface area contributed by atoms with Gasteiger partial charge in [0, 0.05) is 36.0 Å². The molecule has 0 radical (unpaired) electrons. The summed E-state index contributed by atoms with van der Waals surface area (Å²) in [7, 11) is -1.25. The summed E-state index contributed by atoms with van der Waals surface area (Å²) >= 11 is 0. The Morgan fingerprint density at radius 1 is 1.15 bits per heavy atom. The van der Waals surface area contributed by atoms with Crippen LogP contribution in [0, 0.1) is 0 Å². The molecule has 4 atom stereocenters. The second kappa shape index (κ2) is 10.4. The lowest BCUT2D eigenvalue weighted by molar-refractivity contribution is -0.137. The van der Waals surface area contributed by atoms with Crippen molar-refractivity contribution >= 4 is 17.1 Å². The van der Waals surface area contributed by atoms with E-state index in [2.05, 4.69) is 9.71 Å². The third-order valence-corrected chi connectivity index (χ3v) is 7.36. The zero-order valence-corrected chi connectivity index (χ0v) is 20.0. The number of halogens is 3. The van der Waals surface area contributed by atoms with Gasteiger partial charge < -0.3 is 14.2 Å². The lowest BCUT2D eigenvalue weighted by Crippen LogP contribution is -2.50. The minimum atomic E-state index is -4.52. The Balaban J connectivity index is 1.57. The summed E-state index contributed by atoms with van der Waals surface area (Å²) in [6, 6.07) is 1.26. The van der Waals surface area contributed by atoms with Crippen LogP contribution in [0.4, 0.5) is 18.0 Å². The molecule has 1 aromatic heterocycles. The molecule has 4 unspecified atom stereocenters. The average Bonchev–Trinajstić information content (AvgIpc) is 3.08. The summed E-state index contributed by atoms with van der Waals surface area (Å²) in [6.45, 7) is 1.87. The van der Waals surface area contributed by atoms with Gasteiger partial charge >= 0.3 is 12.3 Å². The molecule has 0 aromatic carbocycles. The van der Waals surface area contributed by atoms with E-state index in [0.29, 0.717) is 37.8 Å². The van der Waals surface area contributed by atoms with Gasteiger partial charge in [-0.2, -0.15) is 13.2 Å². The number of amides is 1. The summed E-state index contributed by atoms with van der Waals surface area (Å²) < 4.78 is 72.2. The first-order valence-electron chi connectivity index (χ1n) is 11.5. The van der Waals surface area contributed by atoms with Crippen LogP contribution in [0.25, 0.3) is 0 Å². The van der Waals surface area contributed by atoms with Crippen molar-refractivity contribution in [2.24, 2.45) is 0 Å². The number of carbonyl (C=O) groups excluding carboxylic acids is 1. The summed E-state index contributed by atoms with van der Waals surface area (Å²) in [6.07, 6.45) is -0.381. The van der Waals surface area contributed by atoms with Gasteiger partial charge in [0.05, 0.1) is 35.3 Å². The molecule has 190 valence electrons. The number of nitrogens with one attached hydrogen (secondary N) is 1.